The van der Waals surface area contributed by atoms with Crippen LogP contribution in [0.1, 0.15) is 28.9 Å². The highest BCUT2D eigenvalue weighted by molar-refractivity contribution is 5.99. The zero-order valence-corrected chi connectivity index (χ0v) is 18.8. The number of carbonyl (C=O) groups excluding carboxylic acids is 2. The minimum atomic E-state index is -6.16. The van der Waals surface area contributed by atoms with Gasteiger partial charge in [-0.3, -0.25) is 4.79 Å². The van der Waals surface area contributed by atoms with Crippen molar-refractivity contribution >= 4 is 23.4 Å². The third kappa shape index (κ3) is 5.42. The van der Waals surface area contributed by atoms with Crippen LogP contribution in [0.2, 0.25) is 0 Å². The van der Waals surface area contributed by atoms with Crippen molar-refractivity contribution in [3.8, 4) is 11.1 Å². The number of carbonyl (C=O) groups is 2. The summed E-state index contributed by atoms with van der Waals surface area (Å²) in [5.41, 5.74) is 1.27. The van der Waals surface area contributed by atoms with E-state index in [2.05, 4.69) is 10.3 Å². The first-order chi connectivity index (χ1) is 16.9. The van der Waals surface area contributed by atoms with Crippen LogP contribution in [-0.2, 0) is 9.53 Å². The first-order valence-electron chi connectivity index (χ1n) is 10.3. The van der Waals surface area contributed by atoms with Crippen molar-refractivity contribution in [1.29, 1.82) is 0 Å². The molecular weight excluding hydrogens is 492 g/mol. The number of rotatable bonds is 7. The molecule has 1 atom stereocenters. The molecule has 3 aromatic rings. The summed E-state index contributed by atoms with van der Waals surface area (Å²) in [4.78, 5) is 27.4. The van der Waals surface area contributed by atoms with Crippen LogP contribution in [0.4, 0.5) is 37.8 Å². The Bertz CT molecular complexity index is 1260. The van der Waals surface area contributed by atoms with E-state index in [1.165, 1.54) is 12.4 Å². The number of ether oxygens (including phenoxy) is 1. The topological polar surface area (TPSA) is 80.3 Å². The van der Waals surface area contributed by atoms with Gasteiger partial charge in [-0.1, -0.05) is 42.5 Å². The number of hydrogen-bond donors (Lipinski definition) is 2. The number of halogens is 6. The Morgan fingerprint density at radius 1 is 0.972 bits per heavy atom. The molecule has 3 rings (SSSR count). The van der Waals surface area contributed by atoms with Gasteiger partial charge in [0.25, 0.3) is 0 Å². The van der Waals surface area contributed by atoms with Gasteiger partial charge in [-0.15, -0.1) is 0 Å². The van der Waals surface area contributed by atoms with Gasteiger partial charge in [0.15, 0.2) is 11.6 Å². The van der Waals surface area contributed by atoms with Gasteiger partial charge in [0.05, 0.1) is 18.7 Å². The highest BCUT2D eigenvalue weighted by Crippen LogP contribution is 2.37. The maximum atomic E-state index is 14.3. The number of aromatic nitrogens is 1. The van der Waals surface area contributed by atoms with Gasteiger partial charge in [-0.2, -0.15) is 22.0 Å². The second-order valence-electron chi connectivity index (χ2n) is 7.57. The quantitative estimate of drug-likeness (QED) is 0.301. The molecule has 1 aromatic heterocycles. The smallest absolute Gasteiger partial charge is 0.463 e. The maximum absolute atomic E-state index is 14.3. The molecule has 190 valence electrons. The summed E-state index contributed by atoms with van der Waals surface area (Å²) in [6.45, 7) is 1.60. The molecule has 0 saturated heterocycles. The summed E-state index contributed by atoms with van der Waals surface area (Å²) in [5.74, 6) is -10.7. The Morgan fingerprint density at radius 2 is 1.61 bits per heavy atom. The highest BCUT2D eigenvalue weighted by atomic mass is 19.4. The number of nitrogens with one attached hydrogen (secondary N) is 2. The number of nitrogens with zero attached hydrogens (tertiary/aromatic N) is 1. The molecule has 0 fully saturated rings. The van der Waals surface area contributed by atoms with E-state index in [0.717, 1.165) is 6.20 Å². The summed E-state index contributed by atoms with van der Waals surface area (Å²) in [6.07, 6.45) is -5.21. The lowest BCUT2D eigenvalue weighted by Gasteiger charge is -2.21. The van der Waals surface area contributed by atoms with E-state index in [-0.39, 0.29) is 0 Å². The van der Waals surface area contributed by atoms with Gasteiger partial charge < -0.3 is 15.4 Å². The van der Waals surface area contributed by atoms with Gasteiger partial charge >= 0.3 is 24.0 Å². The van der Waals surface area contributed by atoms with Crippen LogP contribution in [0.3, 0.4) is 0 Å². The number of anilines is 2. The van der Waals surface area contributed by atoms with Crippen LogP contribution in [0, 0.1) is 5.82 Å². The van der Waals surface area contributed by atoms with Crippen molar-refractivity contribution in [3.05, 3.63) is 77.7 Å². The van der Waals surface area contributed by atoms with Crippen LogP contribution in [0.25, 0.3) is 11.1 Å². The molecule has 0 spiro atoms. The molecule has 0 aliphatic carbocycles. The number of methoxy groups -OCH3 is 1. The predicted octanol–water partition coefficient (Wildman–Crippen LogP) is 5.98. The Kier molecular flexibility index (Phi) is 7.56. The average molecular weight is 511 g/mol. The number of benzene rings is 2. The molecule has 2 aromatic carbocycles. The van der Waals surface area contributed by atoms with Crippen molar-refractivity contribution in [2.75, 3.05) is 17.7 Å². The predicted molar refractivity (Wildman–Crippen MR) is 119 cm³/mol. The molecule has 0 bridgehead atoms. The summed E-state index contributed by atoms with van der Waals surface area (Å²) in [5, 5.41) is 3.98. The van der Waals surface area contributed by atoms with Gasteiger partial charge in [0, 0.05) is 6.20 Å². The van der Waals surface area contributed by atoms with E-state index in [9.17, 15) is 35.9 Å². The molecule has 12 heteroatoms. The Hall–Kier alpha value is -4.09. The molecule has 1 unspecified atom stereocenters. The summed E-state index contributed by atoms with van der Waals surface area (Å²) < 4.78 is 83.3. The normalized spacial score (nSPS) is 12.6. The SMILES string of the molecule is COC(=O)c1ccccc1-c1ccc(C(C)Nc2nccc(F)c2NC(=O)C(F)(F)C(F)(F)F)cc1. The van der Waals surface area contributed by atoms with Crippen LogP contribution in [0.15, 0.2) is 60.8 Å². The molecule has 6 nitrogen and oxygen atoms in total. The lowest BCUT2D eigenvalue weighted by atomic mass is 9.97. The molecule has 36 heavy (non-hydrogen) atoms. The number of alkyl halides is 5. The first-order valence-corrected chi connectivity index (χ1v) is 10.3. The van der Waals surface area contributed by atoms with Crippen LogP contribution < -0.4 is 10.6 Å². The second kappa shape index (κ2) is 10.3. The molecule has 0 radical (unpaired) electrons. The fourth-order valence-electron chi connectivity index (χ4n) is 3.25. The van der Waals surface area contributed by atoms with Crippen molar-refractivity contribution in [1.82, 2.24) is 4.98 Å². The van der Waals surface area contributed by atoms with Gasteiger partial charge in [0.2, 0.25) is 0 Å². The maximum Gasteiger partial charge on any atom is 0.463 e. The minimum Gasteiger partial charge on any atom is -0.465 e. The van der Waals surface area contributed by atoms with E-state index in [1.807, 2.05) is 0 Å². The summed E-state index contributed by atoms with van der Waals surface area (Å²) >= 11 is 0. The molecule has 0 aliphatic heterocycles. The van der Waals surface area contributed by atoms with Crippen molar-refractivity contribution in [3.63, 3.8) is 0 Å². The molecule has 1 heterocycles. The zero-order chi connectivity index (χ0) is 26.7. The number of amides is 1. The third-order valence-electron chi connectivity index (χ3n) is 5.19. The minimum absolute atomic E-state index is 0.346. The fraction of sp³-hybridized carbons (Fsp3) is 0.208. The number of pyridine rings is 1. The molecule has 2 N–H and O–H groups in total. The largest absolute Gasteiger partial charge is 0.465 e. The molecule has 1 amide bonds. The molecular formula is C24H19F6N3O3. The van der Waals surface area contributed by atoms with Gasteiger partial charge in [-0.25, -0.2) is 14.2 Å². The van der Waals surface area contributed by atoms with E-state index >= 15 is 0 Å². The third-order valence-corrected chi connectivity index (χ3v) is 5.19. The van der Waals surface area contributed by atoms with Crippen molar-refractivity contribution < 1.29 is 40.7 Å². The van der Waals surface area contributed by atoms with Gasteiger partial charge in [0.1, 0.15) is 5.69 Å². The van der Waals surface area contributed by atoms with Gasteiger partial charge in [-0.05, 0) is 35.7 Å². The average Bonchev–Trinajstić information content (AvgIpc) is 2.84. The van der Waals surface area contributed by atoms with Crippen molar-refractivity contribution in [2.45, 2.75) is 25.1 Å². The van der Waals surface area contributed by atoms with E-state index < -0.39 is 47.3 Å². The Labute approximate surface area is 201 Å². The van der Waals surface area contributed by atoms with E-state index in [0.29, 0.717) is 28.3 Å². The standard InChI is InChI=1S/C24H19F6N3O3/c1-13(14-7-9-15(10-8-14)16-5-3-4-6-17(16)21(34)36-2)32-20-19(18(25)11-12-31-20)33-22(35)23(26,27)24(28,29)30/h3-13H,1-2H3,(H,31,32)(H,33,35). The molecule has 0 saturated carbocycles. The van der Waals surface area contributed by atoms with E-state index in [4.69, 9.17) is 4.74 Å². The second-order valence-corrected chi connectivity index (χ2v) is 7.57. The van der Waals surface area contributed by atoms with Crippen LogP contribution >= 0.6 is 0 Å². The first kappa shape index (κ1) is 26.5. The lowest BCUT2D eigenvalue weighted by Crippen LogP contribution is -2.47. The summed E-state index contributed by atoms with van der Waals surface area (Å²) in [6, 6.07) is 13.5. The van der Waals surface area contributed by atoms with Crippen LogP contribution in [-0.4, -0.2) is 36.1 Å². The fourth-order valence-corrected chi connectivity index (χ4v) is 3.25. The number of hydrogen-bond acceptors (Lipinski definition) is 5. The number of esters is 1. The highest BCUT2D eigenvalue weighted by Gasteiger charge is 2.63. The Morgan fingerprint density at radius 3 is 2.22 bits per heavy atom. The molecule has 0 aliphatic rings. The Balaban J connectivity index is 1.84. The van der Waals surface area contributed by atoms with Crippen molar-refractivity contribution in [2.24, 2.45) is 0 Å². The van der Waals surface area contributed by atoms with E-state index in [1.54, 1.807) is 55.5 Å². The summed E-state index contributed by atoms with van der Waals surface area (Å²) in [7, 11) is 1.26. The monoisotopic (exact) mass is 511 g/mol. The lowest BCUT2D eigenvalue weighted by molar-refractivity contribution is -0.267. The van der Waals surface area contributed by atoms with Crippen LogP contribution in [0.5, 0.6) is 0 Å². The zero-order valence-electron chi connectivity index (χ0n) is 18.8.